The van der Waals surface area contributed by atoms with Gasteiger partial charge in [0.25, 0.3) is 0 Å². The van der Waals surface area contributed by atoms with E-state index in [2.05, 4.69) is 10.6 Å². The van der Waals surface area contributed by atoms with Crippen molar-refractivity contribution in [2.45, 2.75) is 57.5 Å². The molecule has 0 aromatic heterocycles. The third-order valence-corrected chi connectivity index (χ3v) is 4.25. The molecular weight excluding hydrogens is 242 g/mol. The lowest BCUT2D eigenvalue weighted by Gasteiger charge is -2.24. The summed E-state index contributed by atoms with van der Waals surface area (Å²) in [5, 5.41) is 5.71. The van der Waals surface area contributed by atoms with Crippen molar-refractivity contribution in [3.05, 3.63) is 0 Å². The maximum atomic E-state index is 12.2. The van der Waals surface area contributed by atoms with Crippen molar-refractivity contribution in [2.24, 2.45) is 17.6 Å². The normalized spacial score (nSPS) is 22.8. The Morgan fingerprint density at radius 2 is 1.79 bits per heavy atom. The van der Waals surface area contributed by atoms with Crippen molar-refractivity contribution in [1.82, 2.24) is 10.6 Å². The summed E-state index contributed by atoms with van der Waals surface area (Å²) in [5.41, 5.74) is 5.98. The molecule has 2 rings (SSSR count). The predicted molar refractivity (Wildman–Crippen MR) is 73.3 cm³/mol. The van der Waals surface area contributed by atoms with Crippen LogP contribution in [0.15, 0.2) is 0 Å². The van der Waals surface area contributed by atoms with E-state index >= 15 is 0 Å². The molecule has 0 heterocycles. The third kappa shape index (κ3) is 4.20. The molecule has 108 valence electrons. The minimum atomic E-state index is -0.383. The van der Waals surface area contributed by atoms with Gasteiger partial charge in [0.1, 0.15) is 6.04 Å². The fourth-order valence-corrected chi connectivity index (χ4v) is 2.93. The molecule has 0 aromatic carbocycles. The molecule has 2 saturated carbocycles. The second-order valence-electron chi connectivity index (χ2n) is 5.97. The van der Waals surface area contributed by atoms with Gasteiger partial charge in [-0.3, -0.25) is 9.59 Å². The van der Waals surface area contributed by atoms with E-state index in [1.165, 1.54) is 19.8 Å². The van der Waals surface area contributed by atoms with Crippen LogP contribution in [0.3, 0.4) is 0 Å². The lowest BCUT2D eigenvalue weighted by molar-refractivity contribution is -0.129. The zero-order valence-corrected chi connectivity index (χ0v) is 11.7. The van der Waals surface area contributed by atoms with Crippen LogP contribution in [0, 0.1) is 11.8 Å². The monoisotopic (exact) mass is 267 g/mol. The average Bonchev–Trinajstić information content (AvgIpc) is 3.08. The molecule has 0 spiro atoms. The molecule has 2 fully saturated rings. The van der Waals surface area contributed by atoms with Gasteiger partial charge < -0.3 is 16.4 Å². The summed E-state index contributed by atoms with van der Waals surface area (Å²) in [6.45, 7) is 1.98. The van der Waals surface area contributed by atoms with Crippen molar-refractivity contribution < 1.29 is 9.59 Å². The van der Waals surface area contributed by atoms with Crippen LogP contribution in [0.5, 0.6) is 0 Å². The van der Waals surface area contributed by atoms with Gasteiger partial charge in [-0.15, -0.1) is 0 Å². The molecule has 5 heteroatoms. The van der Waals surface area contributed by atoms with Crippen LogP contribution in [-0.2, 0) is 9.59 Å². The van der Waals surface area contributed by atoms with E-state index in [9.17, 15) is 9.59 Å². The first-order valence-electron chi connectivity index (χ1n) is 7.38. The second-order valence-corrected chi connectivity index (χ2v) is 5.97. The van der Waals surface area contributed by atoms with E-state index in [1.807, 2.05) is 0 Å². The molecule has 0 radical (unpaired) electrons. The lowest BCUT2D eigenvalue weighted by Crippen LogP contribution is -2.52. The highest BCUT2D eigenvalue weighted by Gasteiger charge is 2.33. The van der Waals surface area contributed by atoms with Gasteiger partial charge in [0.05, 0.1) is 0 Å². The maximum Gasteiger partial charge on any atom is 0.242 e. The average molecular weight is 267 g/mol. The number of nitrogens with one attached hydrogen (secondary N) is 2. The Morgan fingerprint density at radius 1 is 1.16 bits per heavy atom. The van der Waals surface area contributed by atoms with E-state index in [0.29, 0.717) is 12.5 Å². The van der Waals surface area contributed by atoms with Crippen LogP contribution >= 0.6 is 0 Å². The first kappa shape index (κ1) is 14.3. The minimum Gasteiger partial charge on any atom is -0.353 e. The highest BCUT2D eigenvalue weighted by Crippen LogP contribution is 2.31. The fraction of sp³-hybridized carbons (Fsp3) is 0.857. The van der Waals surface area contributed by atoms with Crippen LogP contribution in [-0.4, -0.2) is 30.4 Å². The molecule has 2 aliphatic rings. The Hall–Kier alpha value is -1.10. The third-order valence-electron chi connectivity index (χ3n) is 4.25. The Labute approximate surface area is 114 Å². The number of amides is 2. The summed E-state index contributed by atoms with van der Waals surface area (Å²) in [7, 11) is 0. The SMILES string of the molecule is CC(=O)NC(C(=O)NCC(N)C1CC1)C1CCCC1. The van der Waals surface area contributed by atoms with Crippen LogP contribution in [0.1, 0.15) is 45.4 Å². The van der Waals surface area contributed by atoms with Gasteiger partial charge in [0.15, 0.2) is 0 Å². The maximum absolute atomic E-state index is 12.2. The molecule has 19 heavy (non-hydrogen) atoms. The number of carbonyl (C=O) groups is 2. The molecule has 2 aliphatic carbocycles. The molecule has 0 aliphatic heterocycles. The smallest absolute Gasteiger partial charge is 0.242 e. The van der Waals surface area contributed by atoms with Gasteiger partial charge in [0, 0.05) is 19.5 Å². The Bertz CT molecular complexity index is 336. The van der Waals surface area contributed by atoms with E-state index in [1.54, 1.807) is 0 Å². The van der Waals surface area contributed by atoms with Crippen LogP contribution in [0.4, 0.5) is 0 Å². The van der Waals surface area contributed by atoms with Gasteiger partial charge in [0.2, 0.25) is 11.8 Å². The molecule has 0 bridgehead atoms. The molecule has 0 saturated heterocycles. The van der Waals surface area contributed by atoms with E-state index in [-0.39, 0.29) is 29.8 Å². The molecule has 2 amide bonds. The summed E-state index contributed by atoms with van der Waals surface area (Å²) in [4.78, 5) is 23.5. The largest absolute Gasteiger partial charge is 0.353 e. The predicted octanol–water partition coefficient (Wildman–Crippen LogP) is 0.535. The summed E-state index contributed by atoms with van der Waals surface area (Å²) in [6, 6.07) is -0.322. The van der Waals surface area contributed by atoms with E-state index in [0.717, 1.165) is 25.7 Å². The zero-order chi connectivity index (χ0) is 13.8. The summed E-state index contributed by atoms with van der Waals surface area (Å²) in [5.74, 6) is 0.642. The van der Waals surface area contributed by atoms with Crippen molar-refractivity contribution in [3.8, 4) is 0 Å². The second kappa shape index (κ2) is 6.37. The molecule has 2 atom stereocenters. The highest BCUT2D eigenvalue weighted by atomic mass is 16.2. The highest BCUT2D eigenvalue weighted by molar-refractivity contribution is 5.87. The first-order chi connectivity index (χ1) is 9.08. The van der Waals surface area contributed by atoms with Gasteiger partial charge >= 0.3 is 0 Å². The van der Waals surface area contributed by atoms with E-state index < -0.39 is 0 Å². The van der Waals surface area contributed by atoms with E-state index in [4.69, 9.17) is 5.73 Å². The summed E-state index contributed by atoms with van der Waals surface area (Å²) >= 11 is 0. The van der Waals surface area contributed by atoms with Crippen molar-refractivity contribution in [2.75, 3.05) is 6.54 Å². The number of hydrogen-bond acceptors (Lipinski definition) is 3. The molecule has 4 N–H and O–H groups in total. The molecule has 5 nitrogen and oxygen atoms in total. The van der Waals surface area contributed by atoms with Crippen LogP contribution < -0.4 is 16.4 Å². The Kier molecular flexibility index (Phi) is 4.80. The van der Waals surface area contributed by atoms with Crippen LogP contribution in [0.25, 0.3) is 0 Å². The lowest BCUT2D eigenvalue weighted by atomic mass is 9.97. The molecular formula is C14H25N3O2. The standard InChI is InChI=1S/C14H25N3O2/c1-9(18)17-13(11-4-2-3-5-11)14(19)16-8-12(15)10-6-7-10/h10-13H,2-8,15H2,1H3,(H,16,19)(H,17,18). The number of hydrogen-bond donors (Lipinski definition) is 3. The first-order valence-corrected chi connectivity index (χ1v) is 7.38. The van der Waals surface area contributed by atoms with Gasteiger partial charge in [-0.05, 0) is 37.5 Å². The zero-order valence-electron chi connectivity index (χ0n) is 11.7. The number of nitrogens with two attached hydrogens (primary N) is 1. The summed E-state index contributed by atoms with van der Waals surface area (Å²) < 4.78 is 0. The van der Waals surface area contributed by atoms with Gasteiger partial charge in [-0.2, -0.15) is 0 Å². The molecule has 0 aromatic rings. The fourth-order valence-electron chi connectivity index (χ4n) is 2.93. The Morgan fingerprint density at radius 3 is 2.32 bits per heavy atom. The molecule has 2 unspecified atom stereocenters. The summed E-state index contributed by atoms with van der Waals surface area (Å²) in [6.07, 6.45) is 6.69. The van der Waals surface area contributed by atoms with Crippen LogP contribution in [0.2, 0.25) is 0 Å². The number of carbonyl (C=O) groups excluding carboxylic acids is 2. The topological polar surface area (TPSA) is 84.2 Å². The quantitative estimate of drug-likeness (QED) is 0.656. The van der Waals surface area contributed by atoms with Crippen molar-refractivity contribution >= 4 is 11.8 Å². The van der Waals surface area contributed by atoms with Gasteiger partial charge in [-0.25, -0.2) is 0 Å². The van der Waals surface area contributed by atoms with Crippen molar-refractivity contribution in [1.29, 1.82) is 0 Å². The number of rotatable bonds is 6. The minimum absolute atomic E-state index is 0.0607. The Balaban J connectivity index is 1.84. The van der Waals surface area contributed by atoms with Gasteiger partial charge in [-0.1, -0.05) is 12.8 Å². The van der Waals surface area contributed by atoms with Crippen molar-refractivity contribution in [3.63, 3.8) is 0 Å².